The van der Waals surface area contributed by atoms with E-state index in [9.17, 15) is 33.9 Å². The molecule has 0 spiro atoms. The number of β-amino-alcohol motifs (C(OH)–C–C–N with tert-alkyl or cyclic N) is 1. The van der Waals surface area contributed by atoms with Crippen LogP contribution in [0.1, 0.15) is 95.2 Å². The Balaban J connectivity index is 1.14. The van der Waals surface area contributed by atoms with Crippen molar-refractivity contribution >= 4 is 58.4 Å². The highest BCUT2D eigenvalue weighted by Crippen LogP contribution is 2.39. The van der Waals surface area contributed by atoms with Gasteiger partial charge in [-0.2, -0.15) is 0 Å². The summed E-state index contributed by atoms with van der Waals surface area (Å²) in [5.41, 5.74) is 8.93. The van der Waals surface area contributed by atoms with Gasteiger partial charge >= 0.3 is 0 Å². The van der Waals surface area contributed by atoms with Gasteiger partial charge in [0.1, 0.15) is 18.1 Å². The standard InChI is InChI=1S/C40H53ClN6O7/c1-40(2,3)36(39(54)46-18-17-29(48)23-46)45-33(50)13-6-4-5-9-24-19-27(41)22-28(20-24)43-37(52)30(15-16-32(42)49)44-38(53)31-21-26-12-7-10-25-11-8-14-34(51)47(31)35(25)26/h7,10,12,19-20,22,29-31,36,48H,4-6,8-9,11,13-18,21,23H2,1-3H3,(H2,42,49)(H,43,52)(H,44,53)(H,45,50)/t29-,30+,31+,36-/m1/s1. The second kappa shape index (κ2) is 17.8. The number of para-hydroxylation sites is 1. The third-order valence-corrected chi connectivity index (χ3v) is 10.6. The molecule has 0 unspecified atom stereocenters. The number of benzene rings is 2. The van der Waals surface area contributed by atoms with E-state index < -0.39 is 47.4 Å². The number of aliphatic hydroxyl groups is 1. The molecule has 4 atom stereocenters. The van der Waals surface area contributed by atoms with Gasteiger partial charge in [0.2, 0.25) is 35.4 Å². The maximum Gasteiger partial charge on any atom is 0.246 e. The molecule has 0 saturated carbocycles. The minimum atomic E-state index is -1.10. The second-order valence-electron chi connectivity index (χ2n) is 15.8. The Morgan fingerprint density at radius 3 is 2.46 bits per heavy atom. The number of primary amides is 1. The van der Waals surface area contributed by atoms with Crippen LogP contribution in [0.25, 0.3) is 0 Å². The van der Waals surface area contributed by atoms with Crippen molar-refractivity contribution < 1.29 is 33.9 Å². The first-order valence-electron chi connectivity index (χ1n) is 19.0. The van der Waals surface area contributed by atoms with E-state index in [0.29, 0.717) is 55.8 Å². The van der Waals surface area contributed by atoms with Crippen LogP contribution in [-0.4, -0.2) is 82.8 Å². The lowest BCUT2D eigenvalue weighted by atomic mass is 9.85. The summed E-state index contributed by atoms with van der Waals surface area (Å²) in [6.07, 6.45) is 4.90. The van der Waals surface area contributed by atoms with E-state index in [1.54, 1.807) is 28.0 Å². The van der Waals surface area contributed by atoms with E-state index in [1.165, 1.54) is 0 Å². The topological polar surface area (TPSA) is 191 Å². The quantitative estimate of drug-likeness (QED) is 0.171. The fourth-order valence-corrected chi connectivity index (χ4v) is 7.81. The van der Waals surface area contributed by atoms with E-state index in [0.717, 1.165) is 41.6 Å². The summed E-state index contributed by atoms with van der Waals surface area (Å²) in [7, 11) is 0. The molecule has 0 aromatic heterocycles. The van der Waals surface area contributed by atoms with Crippen LogP contribution in [0.15, 0.2) is 36.4 Å². The molecule has 6 amide bonds. The van der Waals surface area contributed by atoms with E-state index >= 15 is 0 Å². The average molecular weight is 765 g/mol. The number of hydrogen-bond donors (Lipinski definition) is 5. The van der Waals surface area contributed by atoms with E-state index in [-0.39, 0.29) is 43.5 Å². The Labute approximate surface area is 321 Å². The molecule has 1 fully saturated rings. The van der Waals surface area contributed by atoms with Crippen molar-refractivity contribution in [2.45, 2.75) is 122 Å². The van der Waals surface area contributed by atoms with Crippen LogP contribution < -0.4 is 26.6 Å². The Bertz CT molecular complexity index is 1760. The van der Waals surface area contributed by atoms with E-state index in [1.807, 2.05) is 39.0 Å². The summed E-state index contributed by atoms with van der Waals surface area (Å²) in [5, 5.41) is 18.8. The molecule has 1 saturated heterocycles. The summed E-state index contributed by atoms with van der Waals surface area (Å²) >= 11 is 6.44. The van der Waals surface area contributed by atoms with Gasteiger partial charge in [-0.15, -0.1) is 0 Å². The highest BCUT2D eigenvalue weighted by atomic mass is 35.5. The molecule has 2 aromatic carbocycles. The number of halogens is 1. The van der Waals surface area contributed by atoms with Crippen LogP contribution >= 0.6 is 11.6 Å². The summed E-state index contributed by atoms with van der Waals surface area (Å²) in [4.78, 5) is 81.4. The number of carbonyl (C=O) groups is 6. The second-order valence-corrected chi connectivity index (χ2v) is 16.3. The van der Waals surface area contributed by atoms with Gasteiger partial charge in [0, 0.05) is 49.5 Å². The number of likely N-dealkylation sites (tertiary alicyclic amines) is 1. The molecule has 0 bridgehead atoms. The molecular formula is C40H53ClN6O7. The largest absolute Gasteiger partial charge is 0.391 e. The van der Waals surface area contributed by atoms with Crippen molar-refractivity contribution in [3.63, 3.8) is 0 Å². The van der Waals surface area contributed by atoms with Crippen molar-refractivity contribution in [2.24, 2.45) is 11.1 Å². The zero-order valence-electron chi connectivity index (χ0n) is 31.4. The highest BCUT2D eigenvalue weighted by molar-refractivity contribution is 6.31. The minimum absolute atomic E-state index is 0.0290. The van der Waals surface area contributed by atoms with Crippen molar-refractivity contribution in [3.8, 4) is 0 Å². The number of rotatable bonds is 15. The molecule has 13 nitrogen and oxygen atoms in total. The number of nitrogens with zero attached hydrogens (tertiary/aromatic N) is 2. The summed E-state index contributed by atoms with van der Waals surface area (Å²) in [6.45, 7) is 6.47. The third kappa shape index (κ3) is 10.4. The van der Waals surface area contributed by atoms with Crippen molar-refractivity contribution in [3.05, 3.63) is 58.1 Å². The van der Waals surface area contributed by atoms with Gasteiger partial charge in [-0.25, -0.2) is 0 Å². The minimum Gasteiger partial charge on any atom is -0.391 e. The van der Waals surface area contributed by atoms with Gasteiger partial charge in [0.15, 0.2) is 0 Å². The van der Waals surface area contributed by atoms with Gasteiger partial charge in [-0.1, -0.05) is 57.0 Å². The van der Waals surface area contributed by atoms with Gasteiger partial charge in [-0.05, 0) is 85.3 Å². The summed E-state index contributed by atoms with van der Waals surface area (Å²) < 4.78 is 0. The van der Waals surface area contributed by atoms with Crippen LogP contribution in [0.2, 0.25) is 5.02 Å². The summed E-state index contributed by atoms with van der Waals surface area (Å²) in [6, 6.07) is 8.42. The molecule has 14 heteroatoms. The molecule has 0 aliphatic carbocycles. The first-order chi connectivity index (χ1) is 25.6. The van der Waals surface area contributed by atoms with E-state index in [4.69, 9.17) is 17.3 Å². The highest BCUT2D eigenvalue weighted by Gasteiger charge is 2.42. The molecule has 54 heavy (non-hydrogen) atoms. The number of aryl methyl sites for hydroxylation is 2. The van der Waals surface area contributed by atoms with E-state index in [2.05, 4.69) is 16.0 Å². The van der Waals surface area contributed by atoms with Crippen LogP contribution in [0.3, 0.4) is 0 Å². The fourth-order valence-electron chi connectivity index (χ4n) is 7.55. The zero-order chi connectivity index (χ0) is 39.2. The maximum atomic E-state index is 13.7. The lowest BCUT2D eigenvalue weighted by Crippen LogP contribution is -2.54. The van der Waals surface area contributed by atoms with Crippen molar-refractivity contribution in [1.82, 2.24) is 15.5 Å². The smallest absolute Gasteiger partial charge is 0.246 e. The van der Waals surface area contributed by atoms with Gasteiger partial charge in [-0.3, -0.25) is 33.7 Å². The van der Waals surface area contributed by atoms with Crippen LogP contribution in [0, 0.1) is 5.41 Å². The molecule has 0 radical (unpaired) electrons. The molecule has 5 rings (SSSR count). The lowest BCUT2D eigenvalue weighted by Gasteiger charge is -2.33. The Hall–Kier alpha value is -4.49. The SMILES string of the molecule is CC(C)(C)[C@H](NC(=O)CCCCCc1cc(Cl)cc(NC(=O)[C@H](CCC(N)=O)NC(=O)[C@@H]2Cc3cccc4c3N2C(=O)CCC4)c1)C(=O)N1CC[C@@H](O)C1. The monoisotopic (exact) mass is 764 g/mol. The normalized spacial score (nSPS) is 19.1. The molecule has 3 aliphatic rings. The molecule has 6 N–H and O–H groups in total. The van der Waals surface area contributed by atoms with Crippen molar-refractivity contribution in [2.75, 3.05) is 23.3 Å². The predicted octanol–water partition coefficient (Wildman–Crippen LogP) is 3.55. The van der Waals surface area contributed by atoms with Gasteiger partial charge in [0.25, 0.3) is 0 Å². The Morgan fingerprint density at radius 1 is 1.00 bits per heavy atom. The number of amides is 6. The molecule has 292 valence electrons. The number of nitrogens with one attached hydrogen (secondary N) is 3. The number of carbonyl (C=O) groups excluding carboxylic acids is 6. The lowest BCUT2D eigenvalue weighted by molar-refractivity contribution is -0.139. The molecule has 2 aromatic rings. The Morgan fingerprint density at radius 2 is 1.76 bits per heavy atom. The maximum absolute atomic E-state index is 13.7. The van der Waals surface area contributed by atoms with Gasteiger partial charge < -0.3 is 31.7 Å². The molecule has 3 heterocycles. The first-order valence-corrected chi connectivity index (χ1v) is 19.4. The van der Waals surface area contributed by atoms with Crippen LogP contribution in [-0.2, 0) is 48.0 Å². The predicted molar refractivity (Wildman–Crippen MR) is 206 cm³/mol. The van der Waals surface area contributed by atoms with Gasteiger partial charge in [0.05, 0.1) is 11.8 Å². The van der Waals surface area contributed by atoms with Crippen molar-refractivity contribution in [1.29, 1.82) is 0 Å². The zero-order valence-corrected chi connectivity index (χ0v) is 32.2. The molecular weight excluding hydrogens is 712 g/mol. The third-order valence-electron chi connectivity index (χ3n) is 10.4. The number of hydrogen-bond acceptors (Lipinski definition) is 7. The number of nitrogens with two attached hydrogens (primary N) is 1. The Kier molecular flexibility index (Phi) is 13.4. The first kappa shape index (κ1) is 40.7. The number of aliphatic hydroxyl groups excluding tert-OH is 1. The number of unbranched alkanes of at least 4 members (excludes halogenated alkanes) is 2. The molecule has 3 aliphatic heterocycles. The van der Waals surface area contributed by atoms with Crippen LogP contribution in [0.4, 0.5) is 11.4 Å². The number of anilines is 2. The average Bonchev–Trinajstić information content (AvgIpc) is 3.67. The fraction of sp³-hybridized carbons (Fsp3) is 0.550. The summed E-state index contributed by atoms with van der Waals surface area (Å²) in [5.74, 6) is -2.15. The van der Waals surface area contributed by atoms with Crippen LogP contribution in [0.5, 0.6) is 0 Å².